The summed E-state index contributed by atoms with van der Waals surface area (Å²) in [4.78, 5) is 4.43. The van der Waals surface area contributed by atoms with Crippen molar-refractivity contribution in [2.24, 2.45) is 5.73 Å². The predicted molar refractivity (Wildman–Crippen MR) is 104 cm³/mol. The second-order valence-electron chi connectivity index (χ2n) is 6.42. The number of fused-ring (bicyclic) bond motifs is 1. The zero-order valence-electron chi connectivity index (χ0n) is 14.5. The maximum atomic E-state index is 14.4. The molecule has 136 valence electrons. The molecule has 0 saturated heterocycles. The Hall–Kier alpha value is -2.76. The van der Waals surface area contributed by atoms with Crippen molar-refractivity contribution in [1.82, 2.24) is 9.55 Å². The van der Waals surface area contributed by atoms with Crippen LogP contribution in [0, 0.1) is 11.6 Å². The molecule has 0 spiro atoms. The molecule has 0 aliphatic heterocycles. The molecule has 3 nitrogen and oxygen atoms in total. The Labute approximate surface area is 160 Å². The van der Waals surface area contributed by atoms with E-state index in [-0.39, 0.29) is 16.6 Å². The second-order valence-corrected chi connectivity index (χ2v) is 6.83. The zero-order chi connectivity index (χ0) is 19.1. The van der Waals surface area contributed by atoms with Crippen LogP contribution in [0.5, 0.6) is 0 Å². The number of rotatable bonds is 3. The highest BCUT2D eigenvalue weighted by Crippen LogP contribution is 2.32. The van der Waals surface area contributed by atoms with Gasteiger partial charge in [-0.05, 0) is 54.4 Å². The van der Waals surface area contributed by atoms with Gasteiger partial charge in [-0.1, -0.05) is 29.8 Å². The average Bonchev–Trinajstić information content (AvgIpc) is 3.08. The molecule has 0 unspecified atom stereocenters. The summed E-state index contributed by atoms with van der Waals surface area (Å²) in [6.45, 7) is 1.91. The van der Waals surface area contributed by atoms with E-state index in [1.165, 1.54) is 6.07 Å². The molecule has 1 atom stereocenters. The smallest absolute Gasteiger partial charge is 0.152 e. The third kappa shape index (κ3) is 3.09. The van der Waals surface area contributed by atoms with Crippen molar-refractivity contribution in [2.45, 2.75) is 13.0 Å². The summed E-state index contributed by atoms with van der Waals surface area (Å²) >= 11 is 5.83. The van der Waals surface area contributed by atoms with E-state index in [9.17, 15) is 8.78 Å². The largest absolute Gasteiger partial charge is 0.324 e. The Balaban J connectivity index is 1.85. The second kappa shape index (κ2) is 6.76. The molecule has 0 radical (unpaired) electrons. The fourth-order valence-corrected chi connectivity index (χ4v) is 3.28. The third-order valence-electron chi connectivity index (χ3n) is 4.55. The lowest BCUT2D eigenvalue weighted by Gasteiger charge is -2.10. The van der Waals surface area contributed by atoms with Gasteiger partial charge in [0.15, 0.2) is 5.82 Å². The van der Waals surface area contributed by atoms with Gasteiger partial charge in [-0.15, -0.1) is 0 Å². The van der Waals surface area contributed by atoms with Gasteiger partial charge in [0.2, 0.25) is 0 Å². The fraction of sp³-hybridized carbons (Fsp3) is 0.0952. The number of hydrogen-bond acceptors (Lipinski definition) is 2. The number of aromatic nitrogens is 2. The molecule has 0 aliphatic rings. The molecule has 4 rings (SSSR count). The van der Waals surface area contributed by atoms with Crippen LogP contribution in [0.3, 0.4) is 0 Å². The molecule has 0 saturated carbocycles. The van der Waals surface area contributed by atoms with E-state index >= 15 is 0 Å². The summed E-state index contributed by atoms with van der Waals surface area (Å²) in [7, 11) is 0. The van der Waals surface area contributed by atoms with Crippen LogP contribution >= 0.6 is 11.6 Å². The van der Waals surface area contributed by atoms with E-state index < -0.39 is 11.6 Å². The first kappa shape index (κ1) is 17.6. The van der Waals surface area contributed by atoms with Crippen LogP contribution < -0.4 is 5.73 Å². The van der Waals surface area contributed by atoms with Crippen LogP contribution in [0.25, 0.3) is 27.8 Å². The molecule has 0 amide bonds. The van der Waals surface area contributed by atoms with Gasteiger partial charge < -0.3 is 5.73 Å². The lowest BCUT2D eigenvalue weighted by atomic mass is 10.0. The maximum absolute atomic E-state index is 14.4. The fourth-order valence-electron chi connectivity index (χ4n) is 3.12. The van der Waals surface area contributed by atoms with Gasteiger partial charge in [-0.25, -0.2) is 13.8 Å². The molecule has 2 N–H and O–H groups in total. The summed E-state index contributed by atoms with van der Waals surface area (Å²) in [5.41, 5.74) is 9.60. The van der Waals surface area contributed by atoms with E-state index in [1.54, 1.807) is 24.5 Å². The quantitative estimate of drug-likeness (QED) is 0.465. The van der Waals surface area contributed by atoms with Crippen molar-refractivity contribution in [1.29, 1.82) is 0 Å². The van der Waals surface area contributed by atoms with Crippen molar-refractivity contribution in [3.63, 3.8) is 0 Å². The molecular weight excluding hydrogens is 368 g/mol. The number of nitrogens with zero attached hydrogens (tertiary/aromatic N) is 2. The summed E-state index contributed by atoms with van der Waals surface area (Å²) in [5.74, 6) is -1.43. The Kier molecular flexibility index (Phi) is 4.42. The number of imidazole rings is 1. The molecule has 6 heteroatoms. The van der Waals surface area contributed by atoms with Crippen LogP contribution in [0.2, 0.25) is 5.02 Å². The lowest BCUT2D eigenvalue weighted by Crippen LogP contribution is -2.04. The Morgan fingerprint density at radius 3 is 2.67 bits per heavy atom. The van der Waals surface area contributed by atoms with Crippen molar-refractivity contribution in [3.05, 3.63) is 83.1 Å². The van der Waals surface area contributed by atoms with Gasteiger partial charge in [0.05, 0.1) is 21.6 Å². The highest BCUT2D eigenvalue weighted by atomic mass is 35.5. The molecule has 27 heavy (non-hydrogen) atoms. The minimum Gasteiger partial charge on any atom is -0.324 e. The van der Waals surface area contributed by atoms with Crippen LogP contribution in [-0.4, -0.2) is 9.55 Å². The number of benzene rings is 3. The van der Waals surface area contributed by atoms with Crippen molar-refractivity contribution < 1.29 is 8.78 Å². The summed E-state index contributed by atoms with van der Waals surface area (Å²) in [6.07, 6.45) is 1.68. The van der Waals surface area contributed by atoms with Crippen LogP contribution in [0.4, 0.5) is 8.78 Å². The van der Waals surface area contributed by atoms with Crippen LogP contribution in [0.1, 0.15) is 18.5 Å². The minimum absolute atomic E-state index is 0.0864. The normalized spacial score (nSPS) is 12.5. The van der Waals surface area contributed by atoms with Gasteiger partial charge in [0.25, 0.3) is 0 Å². The highest BCUT2D eigenvalue weighted by molar-refractivity contribution is 6.31. The Morgan fingerprint density at radius 1 is 1.07 bits per heavy atom. The topological polar surface area (TPSA) is 43.8 Å². The Bertz CT molecular complexity index is 1150. The monoisotopic (exact) mass is 383 g/mol. The minimum atomic E-state index is -0.772. The van der Waals surface area contributed by atoms with E-state index in [4.69, 9.17) is 17.3 Å². The summed E-state index contributed by atoms with van der Waals surface area (Å²) in [6, 6.07) is 15.1. The molecule has 0 fully saturated rings. The molecule has 0 aliphatic carbocycles. The van der Waals surface area contributed by atoms with E-state index in [0.717, 1.165) is 28.4 Å². The van der Waals surface area contributed by atoms with Gasteiger partial charge in [-0.3, -0.25) is 4.57 Å². The lowest BCUT2D eigenvalue weighted by molar-refractivity contribution is 0.590. The first-order valence-corrected chi connectivity index (χ1v) is 8.80. The first-order valence-electron chi connectivity index (χ1n) is 8.42. The molecular formula is C21H16ClF2N3. The molecule has 0 bridgehead atoms. The van der Waals surface area contributed by atoms with Crippen molar-refractivity contribution in [2.75, 3.05) is 0 Å². The van der Waals surface area contributed by atoms with E-state index in [2.05, 4.69) is 4.98 Å². The molecule has 1 aromatic heterocycles. The zero-order valence-corrected chi connectivity index (χ0v) is 15.2. The summed E-state index contributed by atoms with van der Waals surface area (Å²) in [5, 5.41) is -0.117. The average molecular weight is 384 g/mol. The number of nitrogens with two attached hydrogens (primary N) is 1. The number of hydrogen-bond donors (Lipinski definition) is 1. The standard InChI is InChI=1S/C21H16ClF2N3/c1-12(25)13-5-8-19-18(10-13)26-11-27(19)15-4-2-3-14(9-15)20-17(23)7-6-16(22)21(20)24/h2-12H,25H2,1H3/t12-/m0/s1. The molecule has 4 aromatic rings. The molecule has 1 heterocycles. The highest BCUT2D eigenvalue weighted by Gasteiger charge is 2.16. The predicted octanol–water partition coefficient (Wildman–Crippen LogP) is 5.64. The van der Waals surface area contributed by atoms with E-state index in [0.29, 0.717) is 5.56 Å². The SMILES string of the molecule is C[C@H](N)c1ccc2c(c1)ncn2-c1cccc(-c2c(F)ccc(Cl)c2F)c1. The van der Waals surface area contributed by atoms with Gasteiger partial charge in [-0.2, -0.15) is 0 Å². The first-order chi connectivity index (χ1) is 13.0. The van der Waals surface area contributed by atoms with Crippen molar-refractivity contribution in [3.8, 4) is 16.8 Å². The van der Waals surface area contributed by atoms with Gasteiger partial charge in [0, 0.05) is 11.7 Å². The van der Waals surface area contributed by atoms with Gasteiger partial charge >= 0.3 is 0 Å². The van der Waals surface area contributed by atoms with Gasteiger partial charge in [0.1, 0.15) is 12.1 Å². The maximum Gasteiger partial charge on any atom is 0.152 e. The van der Waals surface area contributed by atoms with Crippen LogP contribution in [-0.2, 0) is 0 Å². The van der Waals surface area contributed by atoms with Crippen LogP contribution in [0.15, 0.2) is 60.9 Å². The third-order valence-corrected chi connectivity index (χ3v) is 4.85. The van der Waals surface area contributed by atoms with Crippen molar-refractivity contribution >= 4 is 22.6 Å². The van der Waals surface area contributed by atoms with E-state index in [1.807, 2.05) is 35.8 Å². The summed E-state index contributed by atoms with van der Waals surface area (Å²) < 4.78 is 30.5. The Morgan fingerprint density at radius 2 is 1.89 bits per heavy atom. The number of halogens is 3. The molecule has 3 aromatic carbocycles.